The van der Waals surface area contributed by atoms with Crippen molar-refractivity contribution in [2.24, 2.45) is 11.8 Å². The monoisotopic (exact) mass is 621 g/mol. The van der Waals surface area contributed by atoms with Gasteiger partial charge in [-0.25, -0.2) is 22.7 Å². The van der Waals surface area contributed by atoms with Crippen molar-refractivity contribution >= 4 is 26.4 Å². The zero-order valence-corrected chi connectivity index (χ0v) is 26.0. The van der Waals surface area contributed by atoms with Crippen molar-refractivity contribution in [1.82, 2.24) is 31.4 Å². The highest BCUT2D eigenvalue weighted by atomic mass is 32.2. The maximum atomic E-state index is 12.9. The van der Waals surface area contributed by atoms with Gasteiger partial charge >= 0.3 is 26.4 Å². The zero-order valence-electron chi connectivity index (χ0n) is 24.4. The second-order valence-electron chi connectivity index (χ2n) is 10.8. The molecule has 0 radical (unpaired) electrons. The van der Waals surface area contributed by atoms with Crippen LogP contribution in [0.15, 0.2) is 55.1 Å². The van der Waals surface area contributed by atoms with Gasteiger partial charge in [-0.1, -0.05) is 18.2 Å². The molecule has 1 fully saturated rings. The summed E-state index contributed by atoms with van der Waals surface area (Å²) < 4.78 is 61.7. The average molecular weight is 622 g/mol. The molecule has 3 aromatic rings. The number of aromatic nitrogens is 4. The molecule has 0 aliphatic carbocycles. The normalized spacial score (nSPS) is 15.6. The van der Waals surface area contributed by atoms with Gasteiger partial charge in [0.1, 0.15) is 11.6 Å². The molecule has 1 aliphatic heterocycles. The molecule has 0 saturated carbocycles. The first-order valence-electron chi connectivity index (χ1n) is 13.7. The van der Waals surface area contributed by atoms with Crippen molar-refractivity contribution in [1.29, 1.82) is 0 Å². The second kappa shape index (κ2) is 13.5. The minimum absolute atomic E-state index is 0.186. The number of likely N-dealkylation sites (tertiary alicyclic amines) is 1. The topological polar surface area (TPSA) is 140 Å². The van der Waals surface area contributed by atoms with E-state index < -0.39 is 20.4 Å². The van der Waals surface area contributed by atoms with Crippen LogP contribution < -0.4 is 0 Å². The lowest BCUT2D eigenvalue weighted by molar-refractivity contribution is 0.0364. The Morgan fingerprint density at radius 1 is 0.881 bits per heavy atom. The maximum Gasteiger partial charge on any atom is 0.338 e. The SMILES string of the molecule is CN(C)S(=O)(=O)n1ccnc1CC(Cc1nccn1S(=O)(=O)N(C)C)CN1CCC(COC(=O)c2ccccc2)CC1. The van der Waals surface area contributed by atoms with Gasteiger partial charge in [0.05, 0.1) is 12.2 Å². The fourth-order valence-corrected chi connectivity index (χ4v) is 6.87. The van der Waals surface area contributed by atoms with Crippen LogP contribution in [0, 0.1) is 11.8 Å². The van der Waals surface area contributed by atoms with E-state index in [-0.39, 0.29) is 17.8 Å². The molecule has 0 atom stereocenters. The molecule has 0 spiro atoms. The summed E-state index contributed by atoms with van der Waals surface area (Å²) >= 11 is 0. The predicted molar refractivity (Wildman–Crippen MR) is 157 cm³/mol. The van der Waals surface area contributed by atoms with Crippen LogP contribution >= 0.6 is 0 Å². The minimum atomic E-state index is -3.78. The van der Waals surface area contributed by atoms with E-state index in [1.807, 2.05) is 6.07 Å². The highest BCUT2D eigenvalue weighted by Gasteiger charge is 2.28. The third-order valence-corrected chi connectivity index (χ3v) is 10.9. The average Bonchev–Trinajstić information content (AvgIpc) is 3.63. The van der Waals surface area contributed by atoms with Crippen LogP contribution in [0.5, 0.6) is 0 Å². The molecule has 3 heterocycles. The Labute approximate surface area is 248 Å². The standard InChI is InChI=1S/C27H39N7O6S2/c1-30(2)41(36,37)33-16-12-28-25(33)18-23(19-26-29-13-17-34(26)42(38,39)31(3)4)20-32-14-10-22(11-15-32)21-40-27(35)24-8-6-5-7-9-24/h5-9,12-13,16-17,22-23H,10-11,14-15,18-21H2,1-4H3. The number of hydrogen-bond donors (Lipinski definition) is 0. The minimum Gasteiger partial charge on any atom is -0.462 e. The Bertz CT molecular complexity index is 1470. The summed E-state index contributed by atoms with van der Waals surface area (Å²) in [5.41, 5.74) is 0.530. The van der Waals surface area contributed by atoms with E-state index in [1.54, 1.807) is 24.3 Å². The smallest absolute Gasteiger partial charge is 0.338 e. The van der Waals surface area contributed by atoms with Gasteiger partial charge in [-0.15, -0.1) is 0 Å². The molecule has 4 rings (SSSR count). The zero-order chi connectivity index (χ0) is 30.5. The molecule has 0 bridgehead atoms. The lowest BCUT2D eigenvalue weighted by Gasteiger charge is -2.34. The van der Waals surface area contributed by atoms with Crippen molar-refractivity contribution < 1.29 is 26.4 Å². The first-order valence-corrected chi connectivity index (χ1v) is 16.5. The molecule has 230 valence electrons. The van der Waals surface area contributed by atoms with Gasteiger partial charge < -0.3 is 9.64 Å². The van der Waals surface area contributed by atoms with E-state index >= 15 is 0 Å². The Kier molecular flexibility index (Phi) is 10.2. The lowest BCUT2D eigenvalue weighted by Crippen LogP contribution is -2.40. The van der Waals surface area contributed by atoms with Gasteiger partial charge in [0.15, 0.2) is 0 Å². The highest BCUT2D eigenvalue weighted by Crippen LogP contribution is 2.23. The molecular weight excluding hydrogens is 582 g/mol. The summed E-state index contributed by atoms with van der Waals surface area (Å²) in [6.07, 6.45) is 8.00. The molecule has 2 aromatic heterocycles. The number of esters is 1. The summed E-state index contributed by atoms with van der Waals surface area (Å²) in [6.45, 7) is 2.46. The molecule has 0 unspecified atom stereocenters. The van der Waals surface area contributed by atoms with E-state index in [9.17, 15) is 21.6 Å². The number of rotatable bonds is 13. The molecule has 42 heavy (non-hydrogen) atoms. The van der Waals surface area contributed by atoms with Gasteiger partial charge in [-0.3, -0.25) is 0 Å². The number of hydrogen-bond acceptors (Lipinski definition) is 9. The van der Waals surface area contributed by atoms with Gasteiger partial charge in [0.25, 0.3) is 0 Å². The van der Waals surface area contributed by atoms with Crippen LogP contribution in [-0.4, -0.2) is 109 Å². The lowest BCUT2D eigenvalue weighted by atomic mass is 9.94. The van der Waals surface area contributed by atoms with E-state index in [2.05, 4.69) is 14.9 Å². The molecule has 1 aromatic carbocycles. The van der Waals surface area contributed by atoms with E-state index in [0.717, 1.165) is 42.5 Å². The Morgan fingerprint density at radius 3 is 1.86 bits per heavy atom. The largest absolute Gasteiger partial charge is 0.462 e. The Balaban J connectivity index is 1.46. The number of imidazole rings is 2. The molecular formula is C27H39N7O6S2. The van der Waals surface area contributed by atoms with Crippen molar-refractivity contribution in [3.63, 3.8) is 0 Å². The molecule has 13 nitrogen and oxygen atoms in total. The third-order valence-electron chi connectivity index (χ3n) is 7.41. The van der Waals surface area contributed by atoms with E-state index in [0.29, 0.717) is 43.2 Å². The quantitative estimate of drug-likeness (QED) is 0.259. The van der Waals surface area contributed by atoms with Crippen molar-refractivity contribution in [3.8, 4) is 0 Å². The van der Waals surface area contributed by atoms with Crippen molar-refractivity contribution in [3.05, 3.63) is 72.3 Å². The van der Waals surface area contributed by atoms with Crippen LogP contribution in [0.2, 0.25) is 0 Å². The molecule has 15 heteroatoms. The number of carbonyl (C=O) groups is 1. The Morgan fingerprint density at radius 2 is 1.38 bits per heavy atom. The van der Waals surface area contributed by atoms with Gasteiger partial charge in [-0.05, 0) is 49.9 Å². The number of piperidine rings is 1. The fraction of sp³-hybridized carbons (Fsp3) is 0.519. The summed E-state index contributed by atoms with van der Waals surface area (Å²) in [5, 5.41) is 0. The highest BCUT2D eigenvalue weighted by molar-refractivity contribution is 7.87. The number of nitrogens with zero attached hydrogens (tertiary/aromatic N) is 7. The Hall–Kier alpha value is -3.11. The van der Waals surface area contributed by atoms with E-state index in [1.165, 1.54) is 53.0 Å². The summed E-state index contributed by atoms with van der Waals surface area (Å²) in [5.74, 6) is 0.453. The van der Waals surface area contributed by atoms with E-state index in [4.69, 9.17) is 4.74 Å². The molecule has 0 amide bonds. The molecule has 0 N–H and O–H groups in total. The van der Waals surface area contributed by atoms with Crippen LogP contribution in [0.4, 0.5) is 0 Å². The van der Waals surface area contributed by atoms with Crippen LogP contribution in [0.1, 0.15) is 34.8 Å². The summed E-state index contributed by atoms with van der Waals surface area (Å²) in [6, 6.07) is 8.92. The third kappa shape index (κ3) is 7.45. The number of carbonyl (C=O) groups excluding carboxylic acids is 1. The number of ether oxygens (including phenoxy) is 1. The summed E-state index contributed by atoms with van der Waals surface area (Å²) in [7, 11) is -1.72. The molecule has 1 saturated heterocycles. The van der Waals surface area contributed by atoms with Gasteiger partial charge in [0.2, 0.25) is 0 Å². The second-order valence-corrected chi connectivity index (χ2v) is 14.9. The van der Waals surface area contributed by atoms with Gasteiger partial charge in [0, 0.05) is 72.4 Å². The first-order chi connectivity index (χ1) is 19.9. The van der Waals surface area contributed by atoms with Crippen molar-refractivity contribution in [2.75, 3.05) is 54.4 Å². The fourth-order valence-electron chi connectivity index (χ4n) is 4.97. The molecule has 1 aliphatic rings. The maximum absolute atomic E-state index is 12.9. The van der Waals surface area contributed by atoms with Crippen molar-refractivity contribution in [2.45, 2.75) is 25.7 Å². The van der Waals surface area contributed by atoms with Crippen LogP contribution in [-0.2, 0) is 38.0 Å². The van der Waals surface area contributed by atoms with Crippen LogP contribution in [0.3, 0.4) is 0 Å². The number of benzene rings is 1. The first kappa shape index (κ1) is 31.8. The summed E-state index contributed by atoms with van der Waals surface area (Å²) in [4.78, 5) is 23.3. The van der Waals surface area contributed by atoms with Gasteiger partial charge in [-0.2, -0.15) is 25.4 Å². The predicted octanol–water partition coefficient (Wildman–Crippen LogP) is 1.36. The van der Waals surface area contributed by atoms with Crippen LogP contribution in [0.25, 0.3) is 0 Å².